The topological polar surface area (TPSA) is 119 Å². The van der Waals surface area contributed by atoms with Crippen molar-refractivity contribution in [2.75, 3.05) is 23.3 Å². The largest absolute Gasteiger partial charge is 0.366 e. The Morgan fingerprint density at radius 2 is 2.08 bits per heavy atom. The highest BCUT2D eigenvalue weighted by molar-refractivity contribution is 6.04. The van der Waals surface area contributed by atoms with Crippen LogP contribution in [0.25, 0.3) is 6.20 Å². The van der Waals surface area contributed by atoms with Crippen LogP contribution in [-0.4, -0.2) is 44.1 Å². The molecule has 0 unspecified atom stereocenters. The molecular formula is C15H17N7O3. The highest BCUT2D eigenvalue weighted by Gasteiger charge is 2.23. The number of benzene rings is 1. The summed E-state index contributed by atoms with van der Waals surface area (Å²) < 4.78 is 0. The number of tetrazole rings is 1. The molecule has 3 rings (SSSR count). The average Bonchev–Trinajstić information content (AvgIpc) is 3.09. The first-order valence-electron chi connectivity index (χ1n) is 7.85. The molecule has 2 aromatic rings. The van der Waals surface area contributed by atoms with Gasteiger partial charge in [-0.2, -0.15) is 0 Å². The molecular weight excluding hydrogens is 326 g/mol. The van der Waals surface area contributed by atoms with E-state index in [9.17, 15) is 14.9 Å². The van der Waals surface area contributed by atoms with Crippen molar-refractivity contribution < 1.29 is 9.72 Å². The molecule has 1 fully saturated rings. The predicted octanol–water partition coefficient (Wildman–Crippen LogP) is 1.92. The lowest BCUT2D eigenvalue weighted by Crippen LogP contribution is -2.30. The van der Waals surface area contributed by atoms with Gasteiger partial charge in [0, 0.05) is 30.9 Å². The molecule has 1 aliphatic heterocycles. The summed E-state index contributed by atoms with van der Waals surface area (Å²) in [5.41, 5.74) is 0.608. The second kappa shape index (κ2) is 7.07. The van der Waals surface area contributed by atoms with E-state index >= 15 is 0 Å². The summed E-state index contributed by atoms with van der Waals surface area (Å²) in [7, 11) is 0. The van der Waals surface area contributed by atoms with Gasteiger partial charge >= 0.3 is 0 Å². The lowest BCUT2D eigenvalue weighted by atomic mass is 10.1. The summed E-state index contributed by atoms with van der Waals surface area (Å²) in [5, 5.41) is 25.0. The molecule has 25 heavy (non-hydrogen) atoms. The third-order valence-corrected chi connectivity index (χ3v) is 3.95. The SMILES string of the molecule is C=Cn1nnc(NC(=O)c2ccc(N3CCCCC3)c([N+](=O)[O-])c2)n1. The Morgan fingerprint density at radius 1 is 1.32 bits per heavy atom. The number of hydrogen-bond acceptors (Lipinski definition) is 7. The van der Waals surface area contributed by atoms with E-state index in [4.69, 9.17) is 0 Å². The molecule has 0 aliphatic carbocycles. The van der Waals surface area contributed by atoms with Gasteiger partial charge in [0.15, 0.2) is 0 Å². The smallest absolute Gasteiger partial charge is 0.293 e. The lowest BCUT2D eigenvalue weighted by Gasteiger charge is -2.28. The van der Waals surface area contributed by atoms with E-state index in [1.165, 1.54) is 12.3 Å². The maximum Gasteiger partial charge on any atom is 0.293 e. The van der Waals surface area contributed by atoms with Gasteiger partial charge in [0.05, 0.1) is 4.92 Å². The van der Waals surface area contributed by atoms with Crippen molar-refractivity contribution in [1.29, 1.82) is 0 Å². The number of hydrogen-bond donors (Lipinski definition) is 1. The minimum Gasteiger partial charge on any atom is -0.366 e. The van der Waals surface area contributed by atoms with Gasteiger partial charge in [0.1, 0.15) is 5.69 Å². The van der Waals surface area contributed by atoms with Crippen LogP contribution in [0.4, 0.5) is 17.3 Å². The van der Waals surface area contributed by atoms with E-state index in [2.05, 4.69) is 27.3 Å². The Morgan fingerprint density at radius 3 is 2.72 bits per heavy atom. The Labute approximate surface area is 143 Å². The first-order chi connectivity index (χ1) is 12.1. The number of anilines is 2. The second-order valence-corrected chi connectivity index (χ2v) is 5.58. The number of nitrogens with one attached hydrogen (secondary N) is 1. The first-order valence-corrected chi connectivity index (χ1v) is 7.85. The number of amides is 1. The van der Waals surface area contributed by atoms with E-state index in [1.807, 2.05) is 4.90 Å². The monoisotopic (exact) mass is 343 g/mol. The molecule has 0 radical (unpaired) electrons. The van der Waals surface area contributed by atoms with Crippen LogP contribution in [0.1, 0.15) is 29.6 Å². The van der Waals surface area contributed by atoms with Crippen LogP contribution >= 0.6 is 0 Å². The lowest BCUT2D eigenvalue weighted by molar-refractivity contribution is -0.384. The van der Waals surface area contributed by atoms with Gasteiger partial charge < -0.3 is 4.90 Å². The van der Waals surface area contributed by atoms with Crippen molar-refractivity contribution in [1.82, 2.24) is 20.2 Å². The van der Waals surface area contributed by atoms with Gasteiger partial charge in [-0.05, 0) is 36.6 Å². The van der Waals surface area contributed by atoms with E-state index in [-0.39, 0.29) is 17.2 Å². The van der Waals surface area contributed by atoms with Crippen LogP contribution in [0.2, 0.25) is 0 Å². The number of carbonyl (C=O) groups is 1. The van der Waals surface area contributed by atoms with Gasteiger partial charge in [0.2, 0.25) is 0 Å². The molecule has 1 aliphatic rings. The Balaban J connectivity index is 1.83. The summed E-state index contributed by atoms with van der Waals surface area (Å²) in [6.07, 6.45) is 4.46. The summed E-state index contributed by atoms with van der Waals surface area (Å²) in [6.45, 7) is 5.03. The Hall–Kier alpha value is -3.30. The molecule has 1 aromatic carbocycles. The third-order valence-electron chi connectivity index (χ3n) is 3.95. The van der Waals surface area contributed by atoms with Crippen molar-refractivity contribution in [2.24, 2.45) is 0 Å². The summed E-state index contributed by atoms with van der Waals surface area (Å²) in [4.78, 5) is 26.3. The number of carbonyl (C=O) groups excluding carboxylic acids is 1. The maximum absolute atomic E-state index is 12.3. The number of rotatable bonds is 5. The number of nitrogens with zero attached hydrogens (tertiary/aromatic N) is 6. The highest BCUT2D eigenvalue weighted by Crippen LogP contribution is 2.31. The molecule has 0 atom stereocenters. The van der Waals surface area contributed by atoms with Crippen molar-refractivity contribution >= 4 is 29.4 Å². The van der Waals surface area contributed by atoms with Crippen LogP contribution in [0.5, 0.6) is 0 Å². The number of nitro groups is 1. The van der Waals surface area contributed by atoms with Gasteiger partial charge in [-0.25, -0.2) is 0 Å². The van der Waals surface area contributed by atoms with E-state index in [0.717, 1.165) is 37.1 Å². The zero-order chi connectivity index (χ0) is 17.8. The highest BCUT2D eigenvalue weighted by atomic mass is 16.6. The fourth-order valence-corrected chi connectivity index (χ4v) is 2.74. The standard InChI is InChI=1S/C15H17N7O3/c1-2-21-18-15(17-19-21)16-14(23)11-6-7-12(13(10-11)22(24)25)20-8-4-3-5-9-20/h2,6-7,10H,1,3-5,8-9H2,(H,16,18,23). The van der Waals surface area contributed by atoms with Crippen LogP contribution in [0, 0.1) is 10.1 Å². The number of nitro benzene ring substituents is 1. The minimum atomic E-state index is -0.545. The summed E-state index contributed by atoms with van der Waals surface area (Å²) in [6, 6.07) is 4.45. The van der Waals surface area contributed by atoms with Gasteiger partial charge in [-0.3, -0.25) is 20.2 Å². The average molecular weight is 343 g/mol. The van der Waals surface area contributed by atoms with Gasteiger partial charge in [0.25, 0.3) is 17.5 Å². The zero-order valence-corrected chi connectivity index (χ0v) is 13.5. The predicted molar refractivity (Wildman–Crippen MR) is 91.3 cm³/mol. The quantitative estimate of drug-likeness (QED) is 0.650. The molecule has 0 saturated carbocycles. The van der Waals surface area contributed by atoms with Crippen molar-refractivity contribution in [3.05, 3.63) is 40.5 Å². The molecule has 1 amide bonds. The van der Waals surface area contributed by atoms with Crippen molar-refractivity contribution in [2.45, 2.75) is 19.3 Å². The van der Waals surface area contributed by atoms with E-state index in [1.54, 1.807) is 12.1 Å². The summed E-state index contributed by atoms with van der Waals surface area (Å²) in [5.74, 6) is -0.551. The first kappa shape index (κ1) is 16.6. The van der Waals surface area contributed by atoms with Gasteiger partial charge in [-0.15, -0.1) is 9.90 Å². The third kappa shape index (κ3) is 3.62. The molecule has 0 bridgehead atoms. The summed E-state index contributed by atoms with van der Waals surface area (Å²) >= 11 is 0. The van der Waals surface area contributed by atoms with Crippen molar-refractivity contribution in [3.8, 4) is 0 Å². The molecule has 130 valence electrons. The Kier molecular flexibility index (Phi) is 4.68. The fourth-order valence-electron chi connectivity index (χ4n) is 2.74. The zero-order valence-electron chi connectivity index (χ0n) is 13.5. The van der Waals surface area contributed by atoms with Crippen LogP contribution in [0.15, 0.2) is 24.8 Å². The molecule has 10 nitrogen and oxygen atoms in total. The maximum atomic E-state index is 12.3. The van der Waals surface area contributed by atoms with Crippen molar-refractivity contribution in [3.63, 3.8) is 0 Å². The molecule has 1 N–H and O–H groups in total. The van der Waals surface area contributed by atoms with Crippen LogP contribution in [-0.2, 0) is 0 Å². The molecule has 1 aromatic heterocycles. The minimum absolute atomic E-state index is 0.00680. The molecule has 1 saturated heterocycles. The van der Waals surface area contributed by atoms with Crippen LogP contribution in [0.3, 0.4) is 0 Å². The van der Waals surface area contributed by atoms with E-state index in [0.29, 0.717) is 5.69 Å². The molecule has 0 spiro atoms. The number of piperidine rings is 1. The number of aromatic nitrogens is 4. The second-order valence-electron chi connectivity index (χ2n) is 5.58. The van der Waals surface area contributed by atoms with Crippen LogP contribution < -0.4 is 10.2 Å². The normalized spacial score (nSPS) is 14.2. The Bertz CT molecular complexity index is 811. The molecule has 10 heteroatoms. The van der Waals surface area contributed by atoms with Gasteiger partial charge in [-0.1, -0.05) is 11.7 Å². The molecule has 2 heterocycles. The van der Waals surface area contributed by atoms with E-state index < -0.39 is 10.8 Å². The fraction of sp³-hybridized carbons (Fsp3) is 0.333.